The average molecular weight is 167 g/mol. The van der Waals surface area contributed by atoms with Crippen molar-refractivity contribution >= 4 is 22.5 Å². The number of H-pyrrole nitrogens is 1. The summed E-state index contributed by atoms with van der Waals surface area (Å²) < 4.78 is 0. The molecular weight excluding hydrogens is 160 g/mol. The largest absolute Gasteiger partial charge is 0.276 e. The topological polar surface area (TPSA) is 28.7 Å². The molecule has 1 N–H and O–H groups in total. The molecule has 0 aliphatic heterocycles. The van der Waals surface area contributed by atoms with Gasteiger partial charge in [0, 0.05) is 5.39 Å². The lowest BCUT2D eigenvalue weighted by Crippen LogP contribution is -1.71. The third-order valence-electron chi connectivity index (χ3n) is 1.67. The number of fused-ring (bicyclic) bond motifs is 1. The second-order valence-electron chi connectivity index (χ2n) is 2.56. The first kappa shape index (κ1) is 6.68. The van der Waals surface area contributed by atoms with Gasteiger partial charge in [-0.05, 0) is 24.6 Å². The van der Waals surface area contributed by atoms with Gasteiger partial charge >= 0.3 is 0 Å². The molecule has 0 spiro atoms. The molecule has 56 valence electrons. The van der Waals surface area contributed by atoms with Gasteiger partial charge in [0.2, 0.25) is 0 Å². The molecule has 0 atom stereocenters. The standard InChI is InChI=1S/C8H7ClN2/c1-5-2-3-6-7(4-5)10-11-8(6)9/h2-4H,1H3,(H,10,11). The maximum absolute atomic E-state index is 5.78. The zero-order valence-corrected chi connectivity index (χ0v) is 6.81. The van der Waals surface area contributed by atoms with Crippen LogP contribution >= 0.6 is 11.6 Å². The van der Waals surface area contributed by atoms with Crippen LogP contribution in [0.3, 0.4) is 0 Å². The minimum Gasteiger partial charge on any atom is -0.276 e. The first-order chi connectivity index (χ1) is 5.27. The van der Waals surface area contributed by atoms with Crippen molar-refractivity contribution in [2.24, 2.45) is 0 Å². The molecule has 1 aromatic carbocycles. The highest BCUT2D eigenvalue weighted by Crippen LogP contribution is 2.20. The SMILES string of the molecule is Cc1ccc2c(Cl)n[nH]c2c1. The van der Waals surface area contributed by atoms with Crippen LogP contribution in [0.25, 0.3) is 10.9 Å². The highest BCUT2D eigenvalue weighted by atomic mass is 35.5. The molecule has 1 heterocycles. The van der Waals surface area contributed by atoms with Crippen molar-refractivity contribution in [2.45, 2.75) is 6.92 Å². The van der Waals surface area contributed by atoms with Crippen LogP contribution in [0.1, 0.15) is 5.56 Å². The summed E-state index contributed by atoms with van der Waals surface area (Å²) in [5.41, 5.74) is 2.20. The zero-order valence-electron chi connectivity index (χ0n) is 6.06. The summed E-state index contributed by atoms with van der Waals surface area (Å²) in [6.45, 7) is 2.04. The van der Waals surface area contributed by atoms with Gasteiger partial charge in [0.25, 0.3) is 0 Å². The van der Waals surface area contributed by atoms with Crippen LogP contribution < -0.4 is 0 Å². The number of nitrogens with zero attached hydrogens (tertiary/aromatic N) is 1. The predicted octanol–water partition coefficient (Wildman–Crippen LogP) is 2.52. The van der Waals surface area contributed by atoms with E-state index >= 15 is 0 Å². The van der Waals surface area contributed by atoms with E-state index in [1.165, 1.54) is 5.56 Å². The molecule has 0 unspecified atom stereocenters. The smallest absolute Gasteiger partial charge is 0.158 e. The highest BCUT2D eigenvalue weighted by Gasteiger charge is 2.00. The number of benzene rings is 1. The first-order valence-electron chi connectivity index (χ1n) is 3.37. The number of aromatic nitrogens is 2. The fourth-order valence-corrected chi connectivity index (χ4v) is 1.31. The molecular formula is C8H7ClN2. The first-order valence-corrected chi connectivity index (χ1v) is 3.75. The average Bonchev–Trinajstić information content (AvgIpc) is 2.32. The lowest BCUT2D eigenvalue weighted by Gasteiger charge is -1.90. The van der Waals surface area contributed by atoms with Gasteiger partial charge < -0.3 is 0 Å². The van der Waals surface area contributed by atoms with Crippen molar-refractivity contribution in [3.63, 3.8) is 0 Å². The monoisotopic (exact) mass is 166 g/mol. The minimum absolute atomic E-state index is 0.542. The molecule has 2 nitrogen and oxygen atoms in total. The van der Waals surface area contributed by atoms with Crippen molar-refractivity contribution in [3.8, 4) is 0 Å². The van der Waals surface area contributed by atoms with E-state index in [0.29, 0.717) is 5.15 Å². The Morgan fingerprint density at radius 2 is 2.27 bits per heavy atom. The van der Waals surface area contributed by atoms with Crippen molar-refractivity contribution in [1.29, 1.82) is 0 Å². The third kappa shape index (κ3) is 0.994. The second kappa shape index (κ2) is 2.24. The molecule has 0 radical (unpaired) electrons. The molecule has 0 fully saturated rings. The van der Waals surface area contributed by atoms with E-state index in [1.54, 1.807) is 0 Å². The highest BCUT2D eigenvalue weighted by molar-refractivity contribution is 6.34. The van der Waals surface area contributed by atoms with Gasteiger partial charge in [0.15, 0.2) is 5.15 Å². The van der Waals surface area contributed by atoms with E-state index in [4.69, 9.17) is 11.6 Å². The third-order valence-corrected chi connectivity index (χ3v) is 1.96. The maximum Gasteiger partial charge on any atom is 0.158 e. The Morgan fingerprint density at radius 3 is 3.09 bits per heavy atom. The summed E-state index contributed by atoms with van der Waals surface area (Å²) >= 11 is 5.78. The molecule has 0 saturated heterocycles. The van der Waals surface area contributed by atoms with Crippen LogP contribution in [0.15, 0.2) is 18.2 Å². The molecule has 2 rings (SSSR count). The summed E-state index contributed by atoms with van der Waals surface area (Å²) in [6.07, 6.45) is 0. The number of hydrogen-bond donors (Lipinski definition) is 1. The van der Waals surface area contributed by atoms with Crippen molar-refractivity contribution in [2.75, 3.05) is 0 Å². The zero-order chi connectivity index (χ0) is 7.84. The summed E-state index contributed by atoms with van der Waals surface area (Å²) in [6, 6.07) is 6.01. The van der Waals surface area contributed by atoms with Gasteiger partial charge in [-0.15, -0.1) is 0 Å². The van der Waals surface area contributed by atoms with Gasteiger partial charge in [-0.2, -0.15) is 5.10 Å². The van der Waals surface area contributed by atoms with E-state index in [2.05, 4.69) is 10.2 Å². The van der Waals surface area contributed by atoms with Gasteiger partial charge in [-0.3, -0.25) is 5.10 Å². The van der Waals surface area contributed by atoms with Crippen LogP contribution in [-0.2, 0) is 0 Å². The van der Waals surface area contributed by atoms with Crippen LogP contribution in [0.5, 0.6) is 0 Å². The maximum atomic E-state index is 5.78. The summed E-state index contributed by atoms with van der Waals surface area (Å²) in [5.74, 6) is 0. The van der Waals surface area contributed by atoms with Gasteiger partial charge in [0.1, 0.15) is 0 Å². The van der Waals surface area contributed by atoms with E-state index in [1.807, 2.05) is 25.1 Å². The fourth-order valence-electron chi connectivity index (χ4n) is 1.10. The van der Waals surface area contributed by atoms with Crippen molar-refractivity contribution in [3.05, 3.63) is 28.9 Å². The van der Waals surface area contributed by atoms with Gasteiger partial charge in [-0.1, -0.05) is 17.7 Å². The normalized spacial score (nSPS) is 10.7. The predicted molar refractivity (Wildman–Crippen MR) is 45.8 cm³/mol. The number of rotatable bonds is 0. The molecule has 3 heteroatoms. The Bertz CT molecular complexity index is 392. The molecule has 1 aromatic heterocycles. The Balaban J connectivity index is 2.86. The van der Waals surface area contributed by atoms with Crippen LogP contribution in [0.2, 0.25) is 5.15 Å². The number of aromatic amines is 1. The van der Waals surface area contributed by atoms with E-state index in [-0.39, 0.29) is 0 Å². The van der Waals surface area contributed by atoms with Crippen LogP contribution in [0, 0.1) is 6.92 Å². The van der Waals surface area contributed by atoms with Crippen molar-refractivity contribution in [1.82, 2.24) is 10.2 Å². The van der Waals surface area contributed by atoms with E-state index in [0.717, 1.165) is 10.9 Å². The Morgan fingerprint density at radius 1 is 1.45 bits per heavy atom. The number of aryl methyl sites for hydroxylation is 1. The lowest BCUT2D eigenvalue weighted by molar-refractivity contribution is 1.12. The Labute approximate surface area is 69.2 Å². The molecule has 0 saturated carbocycles. The summed E-state index contributed by atoms with van der Waals surface area (Å²) in [5, 5.41) is 8.25. The van der Waals surface area contributed by atoms with Gasteiger partial charge in [-0.25, -0.2) is 0 Å². The minimum atomic E-state index is 0.542. The van der Waals surface area contributed by atoms with Crippen molar-refractivity contribution < 1.29 is 0 Å². The lowest BCUT2D eigenvalue weighted by atomic mass is 10.2. The molecule has 0 amide bonds. The second-order valence-corrected chi connectivity index (χ2v) is 2.92. The fraction of sp³-hybridized carbons (Fsp3) is 0.125. The summed E-state index contributed by atoms with van der Waals surface area (Å²) in [7, 11) is 0. The van der Waals surface area contributed by atoms with Gasteiger partial charge in [0.05, 0.1) is 5.52 Å². The quantitative estimate of drug-likeness (QED) is 0.640. The van der Waals surface area contributed by atoms with Crippen LogP contribution in [0.4, 0.5) is 0 Å². The number of halogens is 1. The molecule has 2 aromatic rings. The number of nitrogens with one attached hydrogen (secondary N) is 1. The Kier molecular flexibility index (Phi) is 1.36. The number of hydrogen-bond acceptors (Lipinski definition) is 1. The Hall–Kier alpha value is -1.02. The van der Waals surface area contributed by atoms with E-state index in [9.17, 15) is 0 Å². The summed E-state index contributed by atoms with van der Waals surface area (Å²) in [4.78, 5) is 0. The molecule has 0 aliphatic rings. The van der Waals surface area contributed by atoms with Crippen LogP contribution in [-0.4, -0.2) is 10.2 Å². The molecule has 0 aliphatic carbocycles. The van der Waals surface area contributed by atoms with E-state index < -0.39 is 0 Å². The molecule has 0 bridgehead atoms. The molecule has 11 heavy (non-hydrogen) atoms.